The molecular weight excluding hydrogens is 1140 g/mol. The third kappa shape index (κ3) is 18.7. The third-order valence-corrected chi connectivity index (χ3v) is 16.5. The first-order valence-corrected chi connectivity index (χ1v) is 31.0. The van der Waals surface area contributed by atoms with Crippen molar-refractivity contribution in [3.05, 3.63) is 84.1 Å². The van der Waals surface area contributed by atoms with E-state index in [9.17, 15) is 38.4 Å². The maximum Gasteiger partial charge on any atom is 0.246 e. The number of benzene rings is 3. The Morgan fingerprint density at radius 2 is 1.42 bits per heavy atom. The number of nitrogens with two attached hydrogens (primary N) is 3. The number of unbranched alkanes of at least 4 members (excludes halogenated alkanes) is 1. The predicted octanol–water partition coefficient (Wildman–Crippen LogP) is 0.577. The molecule has 0 radical (unpaired) electrons. The summed E-state index contributed by atoms with van der Waals surface area (Å²) < 4.78 is 0. The van der Waals surface area contributed by atoms with Crippen LogP contribution in [-0.4, -0.2) is 166 Å². The number of para-hydroxylation sites is 1. The molecule has 3 aliphatic heterocycles. The molecule has 0 saturated carbocycles. The van der Waals surface area contributed by atoms with Gasteiger partial charge in [-0.15, -0.1) is 0 Å². The van der Waals surface area contributed by atoms with Crippen LogP contribution in [0.5, 0.6) is 0 Å². The minimum Gasteiger partial charge on any atom is -0.370 e. The van der Waals surface area contributed by atoms with Crippen LogP contribution in [0.4, 0.5) is 0 Å². The van der Waals surface area contributed by atoms with Gasteiger partial charge in [-0.25, -0.2) is 0 Å². The van der Waals surface area contributed by atoms with Gasteiger partial charge in [0.2, 0.25) is 65.0 Å². The summed E-state index contributed by atoms with van der Waals surface area (Å²) in [5.41, 5.74) is 19.0. The molecular formula is C63H87N15O11. The summed E-state index contributed by atoms with van der Waals surface area (Å²) in [5, 5.41) is 24.9. The van der Waals surface area contributed by atoms with Gasteiger partial charge in [0.1, 0.15) is 54.4 Å². The number of rotatable bonds is 19. The highest BCUT2D eigenvalue weighted by Crippen LogP contribution is 2.25. The number of primary amides is 1. The second-order valence-corrected chi connectivity index (χ2v) is 23.7. The van der Waals surface area contributed by atoms with Gasteiger partial charge >= 0.3 is 0 Å². The van der Waals surface area contributed by atoms with Crippen LogP contribution in [-0.2, 0) is 65.6 Å². The highest BCUT2D eigenvalue weighted by Gasteiger charge is 2.42. The van der Waals surface area contributed by atoms with Gasteiger partial charge in [0.05, 0.1) is 6.42 Å². The number of likely N-dealkylation sites (tertiary alicyclic amines) is 1. The van der Waals surface area contributed by atoms with Gasteiger partial charge in [0.15, 0.2) is 5.96 Å². The van der Waals surface area contributed by atoms with Crippen molar-refractivity contribution in [2.24, 2.45) is 28.1 Å². The summed E-state index contributed by atoms with van der Waals surface area (Å²) in [6, 6.07) is 9.02. The highest BCUT2D eigenvalue weighted by molar-refractivity contribution is 6.00. The number of aliphatic imine (C=N–C) groups is 1. The third-order valence-electron chi connectivity index (χ3n) is 16.5. The van der Waals surface area contributed by atoms with E-state index >= 15 is 14.4 Å². The number of nitrogens with one attached hydrogen (secondary N) is 9. The lowest BCUT2D eigenvalue weighted by Gasteiger charge is -2.31. The Morgan fingerprint density at radius 3 is 2.15 bits per heavy atom. The number of hydrogen-bond donors (Lipinski definition) is 12. The first-order valence-electron chi connectivity index (χ1n) is 31.0. The molecule has 0 aliphatic carbocycles. The normalized spacial score (nSPS) is 22.6. The van der Waals surface area contributed by atoms with Crippen LogP contribution >= 0.6 is 0 Å². The molecule has 3 aromatic carbocycles. The van der Waals surface area contributed by atoms with E-state index in [0.717, 1.165) is 21.7 Å². The van der Waals surface area contributed by atoms with Gasteiger partial charge in [-0.1, -0.05) is 94.3 Å². The predicted molar refractivity (Wildman–Crippen MR) is 333 cm³/mol. The number of carbonyl (C=O) groups is 11. The molecule has 4 aromatic rings. The van der Waals surface area contributed by atoms with Gasteiger partial charge in [0.25, 0.3) is 0 Å². The van der Waals surface area contributed by atoms with Crippen LogP contribution in [0.1, 0.15) is 122 Å². The molecule has 26 heteroatoms. The summed E-state index contributed by atoms with van der Waals surface area (Å²) in [6.45, 7) is 6.93. The Labute approximate surface area is 517 Å². The SMILES string of the molecule is CCCC[C@H](NC(C)=O)C(=O)N[C@H]1CC(=O)NCCCC[C@@H](C(=O)N[C@@H](C(=O)N2CCC[C@@H]2C(N)=O)C(C)C)NC(=O)[C@H](Cc2c[nH]c3ccccc23)NC(=O)[C@H](CCCN=C(N)N)NC(=O)[C@@H](Cc2ccc3ccccc3c2)NC(=O)[C@@H]2CCCN2C1=O. The van der Waals surface area contributed by atoms with Crippen LogP contribution < -0.4 is 59.7 Å². The molecule has 3 saturated heterocycles. The fourth-order valence-electron chi connectivity index (χ4n) is 11.8. The minimum atomic E-state index is -1.53. The lowest BCUT2D eigenvalue weighted by molar-refractivity contribution is -0.143. The maximum absolute atomic E-state index is 15.1. The molecule has 1 aromatic heterocycles. The Bertz CT molecular complexity index is 3250. The van der Waals surface area contributed by atoms with Crippen molar-refractivity contribution in [3.63, 3.8) is 0 Å². The van der Waals surface area contributed by atoms with Crippen molar-refractivity contribution in [1.82, 2.24) is 57.3 Å². The zero-order valence-electron chi connectivity index (χ0n) is 51.2. The van der Waals surface area contributed by atoms with Crippen molar-refractivity contribution >= 4 is 92.6 Å². The van der Waals surface area contributed by atoms with Gasteiger partial charge in [0, 0.05) is 63.0 Å². The average Bonchev–Trinajstić information content (AvgIpc) is 2.92. The highest BCUT2D eigenvalue weighted by atomic mass is 16.2. The summed E-state index contributed by atoms with van der Waals surface area (Å²) in [5.74, 6) is -8.45. The number of H-pyrrole nitrogens is 1. The molecule has 11 amide bonds. The molecule has 0 bridgehead atoms. The number of aromatic amines is 1. The maximum atomic E-state index is 15.1. The molecule has 3 fully saturated rings. The van der Waals surface area contributed by atoms with Gasteiger partial charge in [-0.05, 0) is 98.1 Å². The van der Waals surface area contributed by atoms with E-state index in [-0.39, 0.29) is 89.9 Å². The van der Waals surface area contributed by atoms with Crippen molar-refractivity contribution in [1.29, 1.82) is 0 Å². The molecule has 26 nitrogen and oxygen atoms in total. The average molecular weight is 1230 g/mol. The molecule has 89 heavy (non-hydrogen) atoms. The standard InChI is InChI=1S/C63H87N15O11/c1-5-6-19-44(70-37(4)79)55(82)75-49-34-52(80)67-27-12-11-21-45(57(84)76-53(36(2)3)62(89)77-29-14-23-50(77)54(64)81)71-59(86)48(33-41-35-69-43-20-10-9-18-42(41)43)73-56(83)46(22-13-28-68-63(65)66)72-58(85)47(74-60(87)51-24-15-30-78(51)61(49)88)32-38-25-26-39-16-7-8-17-40(39)31-38/h7-10,16-18,20,25-26,31,35-36,44-51,53,69H,5-6,11-15,19,21-24,27-30,32-34H2,1-4H3,(H2,64,81)(H,67,80)(H,70,79)(H,71,86)(H,72,85)(H,73,83)(H,74,87)(H,75,82)(H,76,84)(H4,65,66,68)/t44-,45-,46-,47+,48-,49-,50+,51-,53+/m0/s1. The van der Waals surface area contributed by atoms with Gasteiger partial charge in [-0.3, -0.25) is 57.7 Å². The van der Waals surface area contributed by atoms with Crippen LogP contribution in [0.2, 0.25) is 0 Å². The van der Waals surface area contributed by atoms with E-state index in [1.54, 1.807) is 26.1 Å². The van der Waals surface area contributed by atoms with Crippen LogP contribution in [0.3, 0.4) is 0 Å². The Kier molecular flexibility index (Phi) is 24.4. The van der Waals surface area contributed by atoms with Gasteiger partial charge < -0.3 is 74.5 Å². The number of carbonyl (C=O) groups excluding carboxylic acids is 11. The fourth-order valence-corrected chi connectivity index (χ4v) is 11.8. The smallest absolute Gasteiger partial charge is 0.246 e. The topological polar surface area (TPSA) is 397 Å². The largest absolute Gasteiger partial charge is 0.370 e. The Morgan fingerprint density at radius 1 is 0.730 bits per heavy atom. The number of fused-ring (bicyclic) bond motifs is 3. The number of hydrogen-bond acceptors (Lipinski definition) is 12. The molecule has 4 heterocycles. The minimum absolute atomic E-state index is 0.00421. The molecule has 9 atom stereocenters. The van der Waals surface area contributed by atoms with Crippen molar-refractivity contribution in [2.45, 2.75) is 178 Å². The molecule has 15 N–H and O–H groups in total. The zero-order chi connectivity index (χ0) is 64.3. The molecule has 480 valence electrons. The van der Waals surface area contributed by atoms with E-state index in [1.807, 2.05) is 67.6 Å². The van der Waals surface area contributed by atoms with Gasteiger partial charge in [-0.2, -0.15) is 0 Å². The molecule has 0 unspecified atom stereocenters. The first kappa shape index (κ1) is 67.4. The van der Waals surface area contributed by atoms with E-state index in [1.165, 1.54) is 16.7 Å². The summed E-state index contributed by atoms with van der Waals surface area (Å²) in [6.07, 6.45) is 4.11. The molecule has 0 spiro atoms. The van der Waals surface area contributed by atoms with Crippen LogP contribution in [0.25, 0.3) is 21.7 Å². The Hall–Kier alpha value is -9.10. The van der Waals surface area contributed by atoms with Crippen LogP contribution in [0, 0.1) is 5.92 Å². The molecule has 3 aliphatic rings. The fraction of sp³-hybridized carbons (Fsp3) is 0.524. The van der Waals surface area contributed by atoms with Crippen molar-refractivity contribution in [3.8, 4) is 0 Å². The van der Waals surface area contributed by atoms with E-state index in [4.69, 9.17) is 17.2 Å². The number of guanidine groups is 1. The first-order chi connectivity index (χ1) is 42.6. The van der Waals surface area contributed by atoms with Crippen molar-refractivity contribution < 1.29 is 52.7 Å². The Balaban J connectivity index is 1.28. The molecule has 7 rings (SSSR count). The van der Waals surface area contributed by atoms with Crippen molar-refractivity contribution in [2.75, 3.05) is 26.2 Å². The second-order valence-electron chi connectivity index (χ2n) is 23.7. The van der Waals surface area contributed by atoms with E-state index in [2.05, 4.69) is 52.5 Å². The second kappa shape index (κ2) is 32.2. The number of nitrogens with zero attached hydrogens (tertiary/aromatic N) is 3. The monoisotopic (exact) mass is 1230 g/mol. The number of amides is 11. The van der Waals surface area contributed by atoms with E-state index < -0.39 is 132 Å². The lowest BCUT2D eigenvalue weighted by atomic mass is 9.99. The number of aromatic nitrogens is 1. The summed E-state index contributed by atoms with van der Waals surface area (Å²) in [7, 11) is 0. The summed E-state index contributed by atoms with van der Waals surface area (Å²) >= 11 is 0. The van der Waals surface area contributed by atoms with Crippen LogP contribution in [0.15, 0.2) is 77.9 Å². The quantitative estimate of drug-likeness (QED) is 0.0348. The lowest BCUT2D eigenvalue weighted by Crippen LogP contribution is -2.61. The zero-order valence-corrected chi connectivity index (χ0v) is 51.2. The summed E-state index contributed by atoms with van der Waals surface area (Å²) in [4.78, 5) is 167. The van der Waals surface area contributed by atoms with E-state index in [0.29, 0.717) is 43.2 Å².